The van der Waals surface area contributed by atoms with Gasteiger partial charge in [-0.3, -0.25) is 4.79 Å². The zero-order valence-corrected chi connectivity index (χ0v) is 12.3. The number of aromatic nitrogens is 2. The van der Waals surface area contributed by atoms with Crippen molar-refractivity contribution in [2.75, 3.05) is 6.61 Å². The molecule has 0 amide bonds. The summed E-state index contributed by atoms with van der Waals surface area (Å²) in [5, 5.41) is -0.658. The van der Waals surface area contributed by atoms with Crippen molar-refractivity contribution in [1.29, 1.82) is 0 Å². The molecule has 118 valence electrons. The lowest BCUT2D eigenvalue weighted by atomic mass is 10.3. The van der Waals surface area contributed by atoms with Gasteiger partial charge in [0.25, 0.3) is 5.24 Å². The smallest absolute Gasteiger partial charge is 0.392 e. The molecule has 22 heavy (non-hydrogen) atoms. The lowest BCUT2D eigenvalue weighted by molar-refractivity contribution is -0.139. The molecule has 0 saturated heterocycles. The van der Waals surface area contributed by atoms with Crippen LogP contribution >= 0.6 is 11.6 Å². The quantitative estimate of drug-likeness (QED) is 0.780. The molecule has 1 aromatic carbocycles. The summed E-state index contributed by atoms with van der Waals surface area (Å²) in [6.45, 7) is 1.27. The van der Waals surface area contributed by atoms with Crippen molar-refractivity contribution in [1.82, 2.24) is 9.55 Å². The van der Waals surface area contributed by atoms with Crippen LogP contribution in [0.25, 0.3) is 5.69 Å². The van der Waals surface area contributed by atoms with E-state index in [2.05, 4.69) is 4.98 Å². The van der Waals surface area contributed by atoms with E-state index >= 15 is 0 Å². The van der Waals surface area contributed by atoms with Gasteiger partial charge in [-0.2, -0.15) is 13.2 Å². The molecule has 0 unspecified atom stereocenters. The first-order valence-electron chi connectivity index (χ1n) is 6.32. The Morgan fingerprint density at radius 1 is 1.32 bits per heavy atom. The maximum Gasteiger partial charge on any atom is 0.392 e. The Morgan fingerprint density at radius 2 is 1.95 bits per heavy atom. The molecule has 8 heteroatoms. The number of aryl methyl sites for hydroxylation is 1. The van der Waals surface area contributed by atoms with E-state index in [-0.39, 0.29) is 5.69 Å². The van der Waals surface area contributed by atoms with Gasteiger partial charge in [-0.15, -0.1) is 0 Å². The molecule has 0 aliphatic carbocycles. The first-order valence-corrected chi connectivity index (χ1v) is 6.70. The molecule has 2 aromatic rings. The number of ether oxygens (including phenoxy) is 1. The van der Waals surface area contributed by atoms with Crippen molar-refractivity contribution in [3.63, 3.8) is 0 Å². The van der Waals surface area contributed by atoms with Gasteiger partial charge in [-0.05, 0) is 42.8 Å². The van der Waals surface area contributed by atoms with Crippen molar-refractivity contribution in [3.05, 3.63) is 42.0 Å². The summed E-state index contributed by atoms with van der Waals surface area (Å²) in [6.07, 6.45) is -3.75. The number of hydrogen-bond donors (Lipinski definition) is 0. The predicted molar refractivity (Wildman–Crippen MR) is 74.7 cm³/mol. The summed E-state index contributed by atoms with van der Waals surface area (Å²) in [7, 11) is 0. The number of imidazole rings is 1. The van der Waals surface area contributed by atoms with Gasteiger partial charge >= 0.3 is 6.18 Å². The van der Waals surface area contributed by atoms with Gasteiger partial charge in [0.15, 0.2) is 0 Å². The maximum absolute atomic E-state index is 12.0. The Kier molecular flexibility index (Phi) is 4.75. The van der Waals surface area contributed by atoms with E-state index in [1.165, 1.54) is 6.20 Å². The molecule has 1 heterocycles. The Labute approximate surface area is 129 Å². The normalized spacial score (nSPS) is 11.5. The number of carbonyl (C=O) groups excluding carboxylic acids is 1. The molecule has 0 aliphatic heterocycles. The lowest BCUT2D eigenvalue weighted by Gasteiger charge is -2.10. The highest BCUT2D eigenvalue weighted by Crippen LogP contribution is 2.21. The summed E-state index contributed by atoms with van der Waals surface area (Å²) < 4.78 is 42.8. The van der Waals surface area contributed by atoms with Crippen molar-refractivity contribution < 1.29 is 22.7 Å². The van der Waals surface area contributed by atoms with Crippen LogP contribution in [0.15, 0.2) is 30.5 Å². The molecule has 0 aliphatic rings. The molecule has 0 bridgehead atoms. The van der Waals surface area contributed by atoms with Gasteiger partial charge in [0.2, 0.25) is 0 Å². The van der Waals surface area contributed by atoms with Gasteiger partial charge in [0.1, 0.15) is 17.3 Å². The van der Waals surface area contributed by atoms with Crippen LogP contribution in [0.3, 0.4) is 0 Å². The molecule has 0 atom stereocenters. The average molecular weight is 333 g/mol. The first-order chi connectivity index (χ1) is 10.3. The Balaban J connectivity index is 2.07. The molecule has 0 saturated carbocycles. The van der Waals surface area contributed by atoms with E-state index in [0.29, 0.717) is 17.3 Å². The van der Waals surface area contributed by atoms with Crippen LogP contribution in [-0.4, -0.2) is 27.6 Å². The zero-order chi connectivity index (χ0) is 16.3. The Hall–Kier alpha value is -2.02. The van der Waals surface area contributed by atoms with Crippen LogP contribution in [-0.2, 0) is 0 Å². The largest absolute Gasteiger partial charge is 0.493 e. The third kappa shape index (κ3) is 4.24. The van der Waals surface area contributed by atoms with E-state index in [1.54, 1.807) is 35.8 Å². The van der Waals surface area contributed by atoms with Crippen LogP contribution in [0.1, 0.15) is 22.7 Å². The number of alkyl halides is 3. The highest BCUT2D eigenvalue weighted by atomic mass is 35.5. The molecule has 0 fully saturated rings. The van der Waals surface area contributed by atoms with Gasteiger partial charge in [-0.25, -0.2) is 4.98 Å². The van der Waals surface area contributed by atoms with Gasteiger partial charge in [-0.1, -0.05) is 0 Å². The lowest BCUT2D eigenvalue weighted by Crippen LogP contribution is -2.13. The van der Waals surface area contributed by atoms with Crippen molar-refractivity contribution in [2.24, 2.45) is 0 Å². The number of hydrogen-bond acceptors (Lipinski definition) is 3. The fraction of sp³-hybridized carbons (Fsp3) is 0.286. The average Bonchev–Trinajstić information content (AvgIpc) is 2.80. The highest BCUT2D eigenvalue weighted by Gasteiger charge is 2.26. The number of halogens is 4. The fourth-order valence-corrected chi connectivity index (χ4v) is 1.91. The van der Waals surface area contributed by atoms with Crippen LogP contribution in [0.2, 0.25) is 0 Å². The molecular weight excluding hydrogens is 321 g/mol. The van der Waals surface area contributed by atoms with Crippen LogP contribution < -0.4 is 4.74 Å². The van der Waals surface area contributed by atoms with Crippen molar-refractivity contribution >= 4 is 16.8 Å². The molecule has 2 rings (SSSR count). The van der Waals surface area contributed by atoms with E-state index < -0.39 is 24.4 Å². The molecule has 0 radical (unpaired) electrons. The zero-order valence-electron chi connectivity index (χ0n) is 11.5. The number of benzene rings is 1. The van der Waals surface area contributed by atoms with Crippen molar-refractivity contribution in [2.45, 2.75) is 19.5 Å². The summed E-state index contributed by atoms with van der Waals surface area (Å²) >= 11 is 5.37. The molecular formula is C14H12ClF3N2O2. The van der Waals surface area contributed by atoms with E-state index in [9.17, 15) is 18.0 Å². The minimum absolute atomic E-state index is 0.129. The second-order valence-electron chi connectivity index (χ2n) is 4.52. The molecule has 0 spiro atoms. The van der Waals surface area contributed by atoms with E-state index in [4.69, 9.17) is 16.3 Å². The van der Waals surface area contributed by atoms with Gasteiger partial charge in [0.05, 0.1) is 13.0 Å². The fourth-order valence-electron chi connectivity index (χ4n) is 1.82. The topological polar surface area (TPSA) is 44.1 Å². The minimum atomic E-state index is -4.24. The second-order valence-corrected chi connectivity index (χ2v) is 4.87. The number of nitrogens with zero attached hydrogens (tertiary/aromatic N) is 2. The van der Waals surface area contributed by atoms with E-state index in [0.717, 1.165) is 0 Å². The molecule has 4 nitrogen and oxygen atoms in total. The molecule has 1 aromatic heterocycles. The standard InChI is InChI=1S/C14H12ClF3N2O2/c1-9-19-12(13(15)21)8-20(9)10-2-4-11(5-3-10)22-7-6-14(16,17)18/h2-5,8H,6-7H2,1H3. The van der Waals surface area contributed by atoms with Crippen LogP contribution in [0, 0.1) is 6.92 Å². The summed E-state index contributed by atoms with van der Waals surface area (Å²) in [4.78, 5) is 15.1. The van der Waals surface area contributed by atoms with Gasteiger partial charge < -0.3 is 9.30 Å². The monoisotopic (exact) mass is 332 g/mol. The number of rotatable bonds is 5. The maximum atomic E-state index is 12.0. The predicted octanol–water partition coefficient (Wildman–Crippen LogP) is 3.89. The van der Waals surface area contributed by atoms with Crippen LogP contribution in [0.5, 0.6) is 5.75 Å². The summed E-state index contributed by atoms with van der Waals surface area (Å²) in [6, 6.07) is 6.40. The third-order valence-electron chi connectivity index (χ3n) is 2.85. The number of carbonyl (C=O) groups is 1. The third-order valence-corrected chi connectivity index (χ3v) is 3.05. The SMILES string of the molecule is Cc1nc(C(=O)Cl)cn1-c1ccc(OCCC(F)(F)F)cc1. The van der Waals surface area contributed by atoms with E-state index in [1.807, 2.05) is 0 Å². The van der Waals surface area contributed by atoms with Crippen molar-refractivity contribution in [3.8, 4) is 11.4 Å². The highest BCUT2D eigenvalue weighted by molar-refractivity contribution is 6.67. The first kappa shape index (κ1) is 16.4. The second kappa shape index (κ2) is 6.39. The minimum Gasteiger partial charge on any atom is -0.493 e. The Bertz CT molecular complexity index is 666. The van der Waals surface area contributed by atoms with Gasteiger partial charge in [0, 0.05) is 11.9 Å². The summed E-state index contributed by atoms with van der Waals surface area (Å²) in [5.41, 5.74) is 0.821. The Morgan fingerprint density at radius 3 is 2.45 bits per heavy atom. The molecule has 0 N–H and O–H groups in total. The van der Waals surface area contributed by atoms with Crippen LogP contribution in [0.4, 0.5) is 13.2 Å². The summed E-state index contributed by atoms with van der Waals surface area (Å²) in [5.74, 6) is 0.897.